The van der Waals surface area contributed by atoms with E-state index in [9.17, 15) is 9.50 Å². The largest absolute Gasteiger partial charge is 0.489 e. The highest BCUT2D eigenvalue weighted by Gasteiger charge is 2.08. The van der Waals surface area contributed by atoms with Gasteiger partial charge in [0.05, 0.1) is 11.8 Å². The summed E-state index contributed by atoms with van der Waals surface area (Å²) in [6, 6.07) is 16.8. The van der Waals surface area contributed by atoms with E-state index in [1.807, 2.05) is 31.2 Å². The van der Waals surface area contributed by atoms with Gasteiger partial charge in [0.1, 0.15) is 18.2 Å². The van der Waals surface area contributed by atoms with E-state index in [4.69, 9.17) is 4.74 Å². The monoisotopic (exact) mass is 417 g/mol. The molecule has 0 aliphatic rings. The molecule has 2 aromatic carbocycles. The molecular formula is C27H28FNO2. The lowest BCUT2D eigenvalue weighted by molar-refractivity contribution is 0.182. The topological polar surface area (TPSA) is 42.4 Å². The van der Waals surface area contributed by atoms with E-state index in [-0.39, 0.29) is 11.9 Å². The molecule has 0 bridgehead atoms. The minimum absolute atomic E-state index is 0.237. The van der Waals surface area contributed by atoms with Crippen LogP contribution in [0.15, 0.2) is 79.5 Å². The Kier molecular flexibility index (Phi) is 8.13. The molecule has 3 nitrogen and oxygen atoms in total. The van der Waals surface area contributed by atoms with Gasteiger partial charge >= 0.3 is 0 Å². The third-order valence-electron chi connectivity index (χ3n) is 4.89. The maximum atomic E-state index is 14.5. The Bertz CT molecular complexity index is 1010. The maximum absolute atomic E-state index is 14.5. The van der Waals surface area contributed by atoms with Gasteiger partial charge in [-0.15, -0.1) is 0 Å². The summed E-state index contributed by atoms with van der Waals surface area (Å²) in [6.45, 7) is 5.74. The Morgan fingerprint density at radius 3 is 2.52 bits per heavy atom. The number of rotatable bonds is 10. The predicted octanol–water partition coefficient (Wildman–Crippen LogP) is 6.68. The molecule has 0 spiro atoms. The molecule has 0 saturated heterocycles. The van der Waals surface area contributed by atoms with Gasteiger partial charge in [0.15, 0.2) is 0 Å². The second-order valence-electron chi connectivity index (χ2n) is 7.48. The van der Waals surface area contributed by atoms with Crippen LogP contribution in [0.1, 0.15) is 31.7 Å². The summed E-state index contributed by atoms with van der Waals surface area (Å²) in [5.41, 5.74) is 4.17. The number of hydrogen-bond acceptors (Lipinski definition) is 3. The van der Waals surface area contributed by atoms with Crippen LogP contribution >= 0.6 is 0 Å². The number of aliphatic hydroxyl groups excluding tert-OH is 1. The van der Waals surface area contributed by atoms with Gasteiger partial charge in [0.25, 0.3) is 0 Å². The van der Waals surface area contributed by atoms with Crippen molar-refractivity contribution in [1.82, 2.24) is 4.98 Å². The second-order valence-corrected chi connectivity index (χ2v) is 7.48. The number of ether oxygens (including phenoxy) is 1. The highest BCUT2D eigenvalue weighted by Crippen LogP contribution is 2.27. The number of nitrogens with zero attached hydrogens (tertiary/aromatic N) is 1. The van der Waals surface area contributed by atoms with Crippen LogP contribution in [0.2, 0.25) is 0 Å². The molecular weight excluding hydrogens is 389 g/mol. The Morgan fingerprint density at radius 1 is 1.10 bits per heavy atom. The van der Waals surface area contributed by atoms with Crippen molar-refractivity contribution in [3.63, 3.8) is 0 Å². The summed E-state index contributed by atoms with van der Waals surface area (Å²) >= 11 is 0. The van der Waals surface area contributed by atoms with Crippen molar-refractivity contribution in [1.29, 1.82) is 0 Å². The fraction of sp³-hybridized carbons (Fsp3) is 0.222. The van der Waals surface area contributed by atoms with Gasteiger partial charge in [0, 0.05) is 29.0 Å². The number of benzene rings is 2. The van der Waals surface area contributed by atoms with Gasteiger partial charge in [-0.25, -0.2) is 4.39 Å². The van der Waals surface area contributed by atoms with E-state index in [2.05, 4.69) is 35.8 Å². The number of aromatic nitrogens is 1. The average molecular weight is 418 g/mol. The van der Waals surface area contributed by atoms with Gasteiger partial charge < -0.3 is 9.84 Å². The maximum Gasteiger partial charge on any atom is 0.134 e. The Hall–Kier alpha value is -3.24. The first-order valence-electron chi connectivity index (χ1n) is 10.5. The molecule has 0 amide bonds. The minimum atomic E-state index is -0.347. The van der Waals surface area contributed by atoms with Crippen LogP contribution < -0.4 is 4.74 Å². The first-order valence-corrected chi connectivity index (χ1v) is 10.5. The van der Waals surface area contributed by atoms with Gasteiger partial charge in [-0.1, -0.05) is 55.1 Å². The van der Waals surface area contributed by atoms with Crippen LogP contribution in [0.25, 0.3) is 28.5 Å². The first kappa shape index (κ1) is 22.4. The molecule has 1 unspecified atom stereocenters. The molecule has 1 atom stereocenters. The molecule has 1 heterocycles. The lowest BCUT2D eigenvalue weighted by Gasteiger charge is -2.08. The van der Waals surface area contributed by atoms with E-state index in [0.717, 1.165) is 36.1 Å². The van der Waals surface area contributed by atoms with E-state index in [1.54, 1.807) is 24.4 Å². The quantitative estimate of drug-likeness (QED) is 0.295. The first-order chi connectivity index (χ1) is 15.1. The van der Waals surface area contributed by atoms with E-state index >= 15 is 0 Å². The molecule has 31 heavy (non-hydrogen) atoms. The second kappa shape index (κ2) is 11.2. The molecule has 1 aromatic heterocycles. The molecule has 0 aliphatic heterocycles. The molecule has 0 fully saturated rings. The van der Waals surface area contributed by atoms with Gasteiger partial charge in [-0.2, -0.15) is 0 Å². The lowest BCUT2D eigenvalue weighted by atomic mass is 10.0. The summed E-state index contributed by atoms with van der Waals surface area (Å²) in [6.07, 6.45) is 10.0. The minimum Gasteiger partial charge on any atom is -0.489 e. The normalized spacial score (nSPS) is 12.1. The third-order valence-corrected chi connectivity index (χ3v) is 4.89. The Balaban J connectivity index is 1.65. The standard InChI is InChI=1S/C27H28FNO2/c1-3-17-31-24-14-15-25(26(28)18-24)23-13-16-27(29-19-23)22-11-9-21(10-12-22)8-6-4-5-7-20(2)30/h3,6,8-16,18-20,30H,1,4-5,7,17H2,2H3/b8-6+. The molecule has 0 aliphatic carbocycles. The molecule has 3 rings (SSSR count). The van der Waals surface area contributed by atoms with Crippen LogP contribution in [0, 0.1) is 5.82 Å². The third kappa shape index (κ3) is 6.63. The average Bonchev–Trinajstić information content (AvgIpc) is 2.78. The lowest BCUT2D eigenvalue weighted by Crippen LogP contribution is -1.97. The van der Waals surface area contributed by atoms with Crippen molar-refractivity contribution in [2.24, 2.45) is 0 Å². The number of halogens is 1. The molecule has 1 N–H and O–H groups in total. The molecule has 0 radical (unpaired) electrons. The van der Waals surface area contributed by atoms with Crippen molar-refractivity contribution in [2.75, 3.05) is 6.61 Å². The van der Waals surface area contributed by atoms with Crippen LogP contribution in [0.3, 0.4) is 0 Å². The number of unbranched alkanes of at least 4 members (excludes halogenated alkanes) is 1. The van der Waals surface area contributed by atoms with Crippen LogP contribution in [-0.4, -0.2) is 22.8 Å². The molecule has 4 heteroatoms. The zero-order valence-electron chi connectivity index (χ0n) is 17.8. The van der Waals surface area contributed by atoms with E-state index in [1.165, 1.54) is 6.07 Å². The fourth-order valence-electron chi connectivity index (χ4n) is 3.21. The van der Waals surface area contributed by atoms with Crippen molar-refractivity contribution < 1.29 is 14.2 Å². The van der Waals surface area contributed by atoms with E-state index in [0.29, 0.717) is 23.5 Å². The summed E-state index contributed by atoms with van der Waals surface area (Å²) in [5, 5.41) is 9.29. The smallest absolute Gasteiger partial charge is 0.134 e. The van der Waals surface area contributed by atoms with Gasteiger partial charge in [-0.3, -0.25) is 4.98 Å². The summed E-state index contributed by atoms with van der Waals surface area (Å²) < 4.78 is 19.8. The van der Waals surface area contributed by atoms with E-state index < -0.39 is 0 Å². The predicted molar refractivity (Wildman–Crippen MR) is 125 cm³/mol. The van der Waals surface area contributed by atoms with Crippen molar-refractivity contribution in [3.8, 4) is 28.1 Å². The highest BCUT2D eigenvalue weighted by atomic mass is 19.1. The summed E-state index contributed by atoms with van der Waals surface area (Å²) in [7, 11) is 0. The summed E-state index contributed by atoms with van der Waals surface area (Å²) in [5.74, 6) is 0.128. The van der Waals surface area contributed by atoms with Crippen molar-refractivity contribution in [3.05, 3.63) is 90.9 Å². The summed E-state index contributed by atoms with van der Waals surface area (Å²) in [4.78, 5) is 4.52. The Morgan fingerprint density at radius 2 is 1.87 bits per heavy atom. The number of pyridine rings is 1. The van der Waals surface area contributed by atoms with Crippen LogP contribution in [0.4, 0.5) is 4.39 Å². The number of allylic oxidation sites excluding steroid dienone is 1. The Labute approximate surface area is 183 Å². The van der Waals surface area contributed by atoms with Gasteiger partial charge in [-0.05, 0) is 49.9 Å². The van der Waals surface area contributed by atoms with Crippen molar-refractivity contribution >= 4 is 6.08 Å². The molecule has 3 aromatic rings. The molecule has 0 saturated carbocycles. The number of hydrogen-bond donors (Lipinski definition) is 1. The molecule has 160 valence electrons. The fourth-order valence-corrected chi connectivity index (χ4v) is 3.21. The van der Waals surface area contributed by atoms with Crippen molar-refractivity contribution in [2.45, 2.75) is 32.3 Å². The number of aliphatic hydroxyl groups is 1. The van der Waals surface area contributed by atoms with Crippen LogP contribution in [-0.2, 0) is 0 Å². The highest BCUT2D eigenvalue weighted by molar-refractivity contribution is 5.68. The SMILES string of the molecule is C=CCOc1ccc(-c2ccc(-c3ccc(/C=C/CCCC(C)O)cc3)nc2)c(F)c1. The van der Waals surface area contributed by atoms with Crippen LogP contribution in [0.5, 0.6) is 5.75 Å². The zero-order chi connectivity index (χ0) is 22.1. The zero-order valence-corrected chi connectivity index (χ0v) is 17.8. The van der Waals surface area contributed by atoms with Gasteiger partial charge in [0.2, 0.25) is 0 Å².